The van der Waals surface area contributed by atoms with Gasteiger partial charge in [-0.15, -0.1) is 0 Å². The second-order valence-corrected chi connectivity index (χ2v) is 8.77. The quantitative estimate of drug-likeness (QED) is 0.229. The molecule has 33 heavy (non-hydrogen) atoms. The molecule has 0 aliphatic rings. The molecule has 2 aromatic carbocycles. The molecule has 0 aromatic heterocycles. The molecular formula is C29H42O4. The summed E-state index contributed by atoms with van der Waals surface area (Å²) in [5.74, 6) is 0.597. The van der Waals surface area contributed by atoms with Crippen LogP contribution in [0, 0.1) is 0 Å². The molecular weight excluding hydrogens is 412 g/mol. The first-order valence-electron chi connectivity index (χ1n) is 12.9. The van der Waals surface area contributed by atoms with E-state index in [4.69, 9.17) is 9.47 Å². The summed E-state index contributed by atoms with van der Waals surface area (Å²) in [5.41, 5.74) is 1.80. The van der Waals surface area contributed by atoms with Crippen LogP contribution in [-0.4, -0.2) is 24.3 Å². The van der Waals surface area contributed by atoms with Crippen molar-refractivity contribution in [2.45, 2.75) is 90.9 Å². The fraction of sp³-hybridized carbons (Fsp3) is 0.552. The van der Waals surface area contributed by atoms with Gasteiger partial charge in [-0.3, -0.25) is 0 Å². The number of hydrogen-bond donors (Lipinski definition) is 1. The Labute approximate surface area is 200 Å². The number of carbonyl (C=O) groups is 1. The van der Waals surface area contributed by atoms with Crippen LogP contribution in [0.1, 0.15) is 101 Å². The van der Waals surface area contributed by atoms with Crippen molar-refractivity contribution in [1.82, 2.24) is 0 Å². The van der Waals surface area contributed by atoms with Crippen LogP contribution < -0.4 is 9.47 Å². The lowest BCUT2D eigenvalue weighted by Crippen LogP contribution is -2.02. The molecule has 0 atom stereocenters. The van der Waals surface area contributed by atoms with E-state index < -0.39 is 5.97 Å². The molecule has 0 saturated heterocycles. The van der Waals surface area contributed by atoms with Crippen molar-refractivity contribution in [2.24, 2.45) is 0 Å². The summed E-state index contributed by atoms with van der Waals surface area (Å²) in [6, 6.07) is 12.9. The van der Waals surface area contributed by atoms with Crippen molar-refractivity contribution in [1.29, 1.82) is 0 Å². The minimum Gasteiger partial charge on any atom is -0.494 e. The van der Waals surface area contributed by atoms with Gasteiger partial charge >= 0.3 is 5.97 Å². The minimum absolute atomic E-state index is 0.280. The van der Waals surface area contributed by atoms with Crippen LogP contribution in [0.2, 0.25) is 0 Å². The van der Waals surface area contributed by atoms with Gasteiger partial charge in [0.1, 0.15) is 11.5 Å². The van der Waals surface area contributed by atoms with E-state index in [-0.39, 0.29) is 5.56 Å². The highest BCUT2D eigenvalue weighted by atomic mass is 16.5. The normalized spacial score (nSPS) is 10.8. The molecule has 0 bridgehead atoms. The zero-order valence-corrected chi connectivity index (χ0v) is 20.6. The van der Waals surface area contributed by atoms with Crippen molar-refractivity contribution >= 4 is 5.97 Å². The van der Waals surface area contributed by atoms with E-state index in [2.05, 4.69) is 13.8 Å². The average molecular weight is 455 g/mol. The van der Waals surface area contributed by atoms with E-state index >= 15 is 0 Å². The van der Waals surface area contributed by atoms with Crippen molar-refractivity contribution < 1.29 is 19.4 Å². The summed E-state index contributed by atoms with van der Waals surface area (Å²) >= 11 is 0. The van der Waals surface area contributed by atoms with E-state index in [0.29, 0.717) is 24.5 Å². The largest absolute Gasteiger partial charge is 0.494 e. The third-order valence-electron chi connectivity index (χ3n) is 5.92. The van der Waals surface area contributed by atoms with Gasteiger partial charge in [-0.05, 0) is 54.3 Å². The van der Waals surface area contributed by atoms with Crippen LogP contribution in [0.15, 0.2) is 42.5 Å². The molecule has 182 valence electrons. The van der Waals surface area contributed by atoms with Gasteiger partial charge in [0.2, 0.25) is 0 Å². The van der Waals surface area contributed by atoms with Gasteiger partial charge in [0.05, 0.1) is 18.8 Å². The lowest BCUT2D eigenvalue weighted by Gasteiger charge is -2.12. The topological polar surface area (TPSA) is 55.8 Å². The number of aromatic carboxylic acids is 1. The SMILES string of the molecule is CCCCCCCCCCOc1ccc(C(=O)O)c(-c2ccc(OCCCCCC)cc2)c1. The molecule has 0 spiro atoms. The highest BCUT2D eigenvalue weighted by molar-refractivity contribution is 5.96. The maximum Gasteiger partial charge on any atom is 0.336 e. The minimum atomic E-state index is -0.934. The highest BCUT2D eigenvalue weighted by Gasteiger charge is 2.13. The fourth-order valence-electron chi connectivity index (χ4n) is 3.91. The molecule has 0 aliphatic carbocycles. The van der Waals surface area contributed by atoms with Gasteiger partial charge in [-0.2, -0.15) is 0 Å². The number of benzene rings is 2. The first-order valence-corrected chi connectivity index (χ1v) is 12.9. The molecule has 4 nitrogen and oxygen atoms in total. The molecule has 0 fully saturated rings. The third kappa shape index (κ3) is 10.3. The molecule has 0 heterocycles. The Morgan fingerprint density at radius 3 is 1.73 bits per heavy atom. The fourth-order valence-corrected chi connectivity index (χ4v) is 3.91. The maximum atomic E-state index is 11.8. The number of hydrogen-bond acceptors (Lipinski definition) is 3. The molecule has 4 heteroatoms. The molecule has 0 radical (unpaired) electrons. The van der Waals surface area contributed by atoms with Gasteiger partial charge in [-0.1, -0.05) is 90.2 Å². The lowest BCUT2D eigenvalue weighted by molar-refractivity contribution is 0.0697. The first kappa shape index (κ1) is 26.8. The predicted molar refractivity (Wildman–Crippen MR) is 137 cm³/mol. The Morgan fingerprint density at radius 2 is 1.15 bits per heavy atom. The van der Waals surface area contributed by atoms with E-state index in [1.54, 1.807) is 12.1 Å². The number of unbranched alkanes of at least 4 members (excludes halogenated alkanes) is 10. The molecule has 0 aliphatic heterocycles. The zero-order valence-electron chi connectivity index (χ0n) is 20.6. The van der Waals surface area contributed by atoms with E-state index in [0.717, 1.165) is 24.2 Å². The third-order valence-corrected chi connectivity index (χ3v) is 5.92. The first-order chi connectivity index (χ1) is 16.2. The van der Waals surface area contributed by atoms with E-state index in [1.165, 1.54) is 64.2 Å². The Morgan fingerprint density at radius 1 is 0.667 bits per heavy atom. The Bertz CT molecular complexity index is 798. The predicted octanol–water partition coefficient (Wildman–Crippen LogP) is 8.53. The standard InChI is InChI=1S/C29H42O4/c1-3-5-7-9-10-11-12-14-22-33-26-19-20-27(29(30)31)28(23-26)24-15-17-25(18-16-24)32-21-13-8-6-4-2/h15-20,23H,3-14,21-22H2,1-2H3,(H,30,31). The lowest BCUT2D eigenvalue weighted by atomic mass is 9.99. The van der Waals surface area contributed by atoms with Crippen LogP contribution in [0.5, 0.6) is 11.5 Å². The van der Waals surface area contributed by atoms with Crippen LogP contribution in [-0.2, 0) is 0 Å². The van der Waals surface area contributed by atoms with Crippen molar-refractivity contribution in [2.75, 3.05) is 13.2 Å². The Balaban J connectivity index is 1.88. The Kier molecular flexibility index (Phi) is 13.1. The van der Waals surface area contributed by atoms with Crippen molar-refractivity contribution in [3.05, 3.63) is 48.0 Å². The van der Waals surface area contributed by atoms with Gasteiger partial charge < -0.3 is 14.6 Å². The molecule has 1 N–H and O–H groups in total. The monoisotopic (exact) mass is 454 g/mol. The van der Waals surface area contributed by atoms with Crippen molar-refractivity contribution in [3.8, 4) is 22.6 Å². The number of rotatable bonds is 18. The van der Waals surface area contributed by atoms with Crippen LogP contribution in [0.25, 0.3) is 11.1 Å². The summed E-state index contributed by atoms with van der Waals surface area (Å²) in [7, 11) is 0. The van der Waals surface area contributed by atoms with Gasteiger partial charge in [0.15, 0.2) is 0 Å². The van der Waals surface area contributed by atoms with Crippen LogP contribution >= 0.6 is 0 Å². The molecule has 0 saturated carbocycles. The number of carboxylic acids is 1. The van der Waals surface area contributed by atoms with Crippen LogP contribution in [0.3, 0.4) is 0 Å². The Hall–Kier alpha value is -2.49. The smallest absolute Gasteiger partial charge is 0.336 e. The van der Waals surface area contributed by atoms with E-state index in [1.807, 2.05) is 30.3 Å². The summed E-state index contributed by atoms with van der Waals surface area (Å²) in [6.45, 7) is 5.81. The van der Waals surface area contributed by atoms with Crippen molar-refractivity contribution in [3.63, 3.8) is 0 Å². The average Bonchev–Trinajstić information content (AvgIpc) is 2.83. The summed E-state index contributed by atoms with van der Waals surface area (Å²) in [5, 5.41) is 9.64. The summed E-state index contributed by atoms with van der Waals surface area (Å²) in [4.78, 5) is 11.8. The number of ether oxygens (including phenoxy) is 2. The summed E-state index contributed by atoms with van der Waals surface area (Å²) < 4.78 is 11.8. The second-order valence-electron chi connectivity index (χ2n) is 8.77. The molecule has 0 unspecified atom stereocenters. The zero-order chi connectivity index (χ0) is 23.7. The van der Waals surface area contributed by atoms with Gasteiger partial charge in [0.25, 0.3) is 0 Å². The summed E-state index contributed by atoms with van der Waals surface area (Å²) in [6.07, 6.45) is 14.7. The molecule has 0 amide bonds. The second kappa shape index (κ2) is 16.2. The molecule has 2 rings (SSSR count). The van der Waals surface area contributed by atoms with Gasteiger partial charge in [0, 0.05) is 0 Å². The number of carboxylic acid groups (broad SMARTS) is 1. The van der Waals surface area contributed by atoms with Crippen LogP contribution in [0.4, 0.5) is 0 Å². The van der Waals surface area contributed by atoms with Gasteiger partial charge in [-0.25, -0.2) is 4.79 Å². The van der Waals surface area contributed by atoms with E-state index in [9.17, 15) is 9.90 Å². The molecule has 2 aromatic rings. The maximum absolute atomic E-state index is 11.8. The highest BCUT2D eigenvalue weighted by Crippen LogP contribution is 2.30.